The first-order chi connectivity index (χ1) is 8.38. The highest BCUT2D eigenvalue weighted by atomic mass is 32.2. The Morgan fingerprint density at radius 3 is 2.00 bits per heavy atom. The minimum atomic E-state index is 0.929. The summed E-state index contributed by atoms with van der Waals surface area (Å²) in [4.78, 5) is 0. The zero-order valence-electron chi connectivity index (χ0n) is 11.3. The van der Waals surface area contributed by atoms with Crippen molar-refractivity contribution in [2.45, 2.75) is 69.3 Å². The van der Waals surface area contributed by atoms with E-state index < -0.39 is 0 Å². The number of hydrogen-bond donors (Lipinski definition) is 0. The fourth-order valence-corrected chi connectivity index (χ4v) is 6.74. The van der Waals surface area contributed by atoms with Crippen molar-refractivity contribution >= 4 is 23.5 Å². The van der Waals surface area contributed by atoms with Gasteiger partial charge in [0.25, 0.3) is 0 Å². The second-order valence-electron chi connectivity index (χ2n) is 5.80. The lowest BCUT2D eigenvalue weighted by atomic mass is 9.85. The van der Waals surface area contributed by atoms with Crippen LogP contribution >= 0.6 is 23.5 Å². The molecule has 2 rings (SSSR count). The summed E-state index contributed by atoms with van der Waals surface area (Å²) in [6, 6.07) is 0. The predicted octanol–water partition coefficient (Wildman–Crippen LogP) is 5.57. The highest BCUT2D eigenvalue weighted by Crippen LogP contribution is 2.42. The van der Waals surface area contributed by atoms with E-state index in [4.69, 9.17) is 0 Å². The van der Waals surface area contributed by atoms with Crippen molar-refractivity contribution in [1.29, 1.82) is 0 Å². The molecule has 0 nitrogen and oxygen atoms in total. The Morgan fingerprint density at radius 2 is 1.29 bits per heavy atom. The molecular weight excluding hydrogens is 244 g/mol. The molecule has 1 saturated heterocycles. The lowest BCUT2D eigenvalue weighted by Gasteiger charge is -2.34. The van der Waals surface area contributed by atoms with E-state index >= 15 is 0 Å². The second-order valence-corrected chi connectivity index (χ2v) is 8.60. The van der Waals surface area contributed by atoms with Crippen molar-refractivity contribution in [3.63, 3.8) is 0 Å². The van der Waals surface area contributed by atoms with Gasteiger partial charge in [0, 0.05) is 0 Å². The highest BCUT2D eigenvalue weighted by molar-refractivity contribution is 8.17. The molecular formula is C15H28S2. The summed E-state index contributed by atoms with van der Waals surface area (Å²) in [7, 11) is 0. The molecule has 0 aromatic heterocycles. The van der Waals surface area contributed by atoms with Crippen LogP contribution in [0.2, 0.25) is 0 Å². The summed E-state index contributed by atoms with van der Waals surface area (Å²) in [5.74, 6) is 4.81. The molecule has 1 saturated carbocycles. The monoisotopic (exact) mass is 272 g/mol. The Bertz CT molecular complexity index is 199. The normalized spacial score (nSPS) is 34.4. The third kappa shape index (κ3) is 4.70. The van der Waals surface area contributed by atoms with E-state index in [1.807, 2.05) is 0 Å². The molecule has 0 aromatic carbocycles. The third-order valence-corrected chi connectivity index (χ3v) is 7.60. The molecule has 0 amide bonds. The van der Waals surface area contributed by atoms with Gasteiger partial charge in [-0.1, -0.05) is 51.9 Å². The maximum Gasteiger partial charge on any atom is 0.0533 e. The molecule has 1 aliphatic carbocycles. The average molecular weight is 273 g/mol. The maximum absolute atomic E-state index is 2.53. The Balaban J connectivity index is 1.88. The van der Waals surface area contributed by atoms with Crippen LogP contribution in [0.5, 0.6) is 0 Å². The van der Waals surface area contributed by atoms with E-state index in [-0.39, 0.29) is 0 Å². The molecule has 0 radical (unpaired) electrons. The molecule has 0 spiro atoms. The fourth-order valence-electron chi connectivity index (χ4n) is 3.21. The molecule has 2 heteroatoms. The van der Waals surface area contributed by atoms with Crippen LogP contribution < -0.4 is 0 Å². The SMILES string of the molecule is CC1CCCCCCCCC1C1SCCCS1. The van der Waals surface area contributed by atoms with E-state index in [9.17, 15) is 0 Å². The summed E-state index contributed by atoms with van der Waals surface area (Å²) in [5.41, 5.74) is 0. The van der Waals surface area contributed by atoms with Crippen LogP contribution in [0.25, 0.3) is 0 Å². The van der Waals surface area contributed by atoms with E-state index in [0.29, 0.717) is 0 Å². The van der Waals surface area contributed by atoms with Crippen LogP contribution in [0.15, 0.2) is 0 Å². The van der Waals surface area contributed by atoms with Crippen molar-refractivity contribution in [2.75, 3.05) is 11.5 Å². The molecule has 1 heterocycles. The molecule has 2 fully saturated rings. The van der Waals surface area contributed by atoms with E-state index in [1.165, 1.54) is 69.3 Å². The van der Waals surface area contributed by atoms with E-state index in [1.54, 1.807) is 0 Å². The Kier molecular flexibility index (Phi) is 6.63. The van der Waals surface area contributed by atoms with Gasteiger partial charge in [0.05, 0.1) is 4.58 Å². The molecule has 1 aliphatic heterocycles. The minimum Gasteiger partial charge on any atom is -0.147 e. The van der Waals surface area contributed by atoms with Crippen molar-refractivity contribution in [3.8, 4) is 0 Å². The first-order valence-electron chi connectivity index (χ1n) is 7.61. The van der Waals surface area contributed by atoms with Gasteiger partial charge in [-0.05, 0) is 36.2 Å². The van der Waals surface area contributed by atoms with Crippen LogP contribution in [-0.4, -0.2) is 16.1 Å². The molecule has 2 aliphatic rings. The van der Waals surface area contributed by atoms with Gasteiger partial charge in [-0.25, -0.2) is 0 Å². The molecule has 0 aromatic rings. The lowest BCUT2D eigenvalue weighted by molar-refractivity contribution is 0.309. The zero-order valence-corrected chi connectivity index (χ0v) is 13.0. The largest absolute Gasteiger partial charge is 0.147 e. The van der Waals surface area contributed by atoms with Crippen molar-refractivity contribution in [1.82, 2.24) is 0 Å². The van der Waals surface area contributed by atoms with Gasteiger partial charge in [-0.2, -0.15) is 0 Å². The van der Waals surface area contributed by atoms with E-state index in [0.717, 1.165) is 16.4 Å². The topological polar surface area (TPSA) is 0 Å². The summed E-state index contributed by atoms with van der Waals surface area (Å²) in [6.45, 7) is 2.53. The minimum absolute atomic E-state index is 0.929. The smallest absolute Gasteiger partial charge is 0.0533 e. The zero-order chi connectivity index (χ0) is 11.9. The lowest BCUT2D eigenvalue weighted by Crippen LogP contribution is -2.25. The van der Waals surface area contributed by atoms with E-state index in [2.05, 4.69) is 30.4 Å². The van der Waals surface area contributed by atoms with Gasteiger partial charge in [0.15, 0.2) is 0 Å². The maximum atomic E-state index is 2.53. The van der Waals surface area contributed by atoms with Crippen molar-refractivity contribution in [2.24, 2.45) is 11.8 Å². The van der Waals surface area contributed by atoms with Gasteiger partial charge >= 0.3 is 0 Å². The fraction of sp³-hybridized carbons (Fsp3) is 1.00. The Hall–Kier alpha value is 0.700. The highest BCUT2D eigenvalue weighted by Gasteiger charge is 2.28. The van der Waals surface area contributed by atoms with Crippen molar-refractivity contribution in [3.05, 3.63) is 0 Å². The number of hydrogen-bond acceptors (Lipinski definition) is 2. The van der Waals surface area contributed by atoms with Gasteiger partial charge in [0.2, 0.25) is 0 Å². The first kappa shape index (κ1) is 14.1. The van der Waals surface area contributed by atoms with Crippen molar-refractivity contribution < 1.29 is 0 Å². The van der Waals surface area contributed by atoms with Crippen LogP contribution in [-0.2, 0) is 0 Å². The molecule has 2 atom stereocenters. The van der Waals surface area contributed by atoms with Crippen LogP contribution in [0.1, 0.15) is 64.7 Å². The average Bonchev–Trinajstić information content (AvgIpc) is 2.38. The van der Waals surface area contributed by atoms with Gasteiger partial charge in [-0.15, -0.1) is 23.5 Å². The van der Waals surface area contributed by atoms with Crippen LogP contribution in [0.3, 0.4) is 0 Å². The molecule has 100 valence electrons. The van der Waals surface area contributed by atoms with Gasteiger partial charge in [-0.3, -0.25) is 0 Å². The van der Waals surface area contributed by atoms with Gasteiger partial charge in [0.1, 0.15) is 0 Å². The predicted molar refractivity (Wildman–Crippen MR) is 82.9 cm³/mol. The summed E-state index contributed by atoms with van der Waals surface area (Å²) >= 11 is 4.53. The molecule has 0 bridgehead atoms. The van der Waals surface area contributed by atoms with Crippen LogP contribution in [0.4, 0.5) is 0 Å². The second kappa shape index (κ2) is 7.99. The molecule has 2 unspecified atom stereocenters. The third-order valence-electron chi connectivity index (χ3n) is 4.38. The number of rotatable bonds is 1. The first-order valence-corrected chi connectivity index (χ1v) is 9.71. The Labute approximate surface area is 116 Å². The summed E-state index contributed by atoms with van der Waals surface area (Å²) in [6.07, 6.45) is 13.4. The standard InChI is InChI=1S/C15H28S2/c1-13-9-6-4-2-3-5-7-10-14(13)15-16-11-8-12-17-15/h13-15H,2-12H2,1H3. The molecule has 0 N–H and O–H groups in total. The Morgan fingerprint density at radius 1 is 0.706 bits per heavy atom. The quantitative estimate of drug-likeness (QED) is 0.612. The summed E-state index contributed by atoms with van der Waals surface area (Å²) in [5, 5.41) is 0. The van der Waals surface area contributed by atoms with Gasteiger partial charge < -0.3 is 0 Å². The number of thioether (sulfide) groups is 2. The van der Waals surface area contributed by atoms with Crippen LogP contribution in [0, 0.1) is 11.8 Å². The molecule has 17 heavy (non-hydrogen) atoms. The summed E-state index contributed by atoms with van der Waals surface area (Å²) < 4.78 is 0.929.